The van der Waals surface area contributed by atoms with E-state index in [2.05, 4.69) is 26.0 Å². The van der Waals surface area contributed by atoms with Gasteiger partial charge < -0.3 is 4.74 Å². The second kappa shape index (κ2) is 12.3. The monoisotopic (exact) mass is 539 g/mol. The Kier molecular flexibility index (Phi) is 8.62. The minimum absolute atomic E-state index is 0.0266. The van der Waals surface area contributed by atoms with Crippen LogP contribution in [0.3, 0.4) is 0 Å². The molecule has 1 aromatic heterocycles. The molecule has 2 N–H and O–H groups in total. The first-order chi connectivity index (χ1) is 17.5. The highest BCUT2D eigenvalue weighted by Gasteiger charge is 2.12. The van der Waals surface area contributed by atoms with E-state index in [0.29, 0.717) is 31.5 Å². The quantitative estimate of drug-likeness (QED) is 0.219. The molecular formula is C25H19Cl2N5O3S. The largest absolute Gasteiger partial charge is 0.489 e. The average molecular weight is 540 g/mol. The Morgan fingerprint density at radius 3 is 2.64 bits per heavy atom. The van der Waals surface area contributed by atoms with Crippen molar-refractivity contribution in [1.82, 2.24) is 15.6 Å². The predicted octanol–water partition coefficient (Wildman–Crippen LogP) is 5.37. The molecule has 0 aliphatic rings. The van der Waals surface area contributed by atoms with Crippen LogP contribution in [0.15, 0.2) is 77.9 Å². The summed E-state index contributed by atoms with van der Waals surface area (Å²) in [6.45, 7) is 0.281. The lowest BCUT2D eigenvalue weighted by atomic mass is 10.2. The Bertz CT molecular complexity index is 1400. The number of aromatic nitrogens is 2. The van der Waals surface area contributed by atoms with Crippen molar-refractivity contribution in [3.63, 3.8) is 0 Å². The molecule has 0 saturated carbocycles. The van der Waals surface area contributed by atoms with E-state index in [1.807, 2.05) is 30.3 Å². The van der Waals surface area contributed by atoms with E-state index in [0.717, 1.165) is 22.5 Å². The van der Waals surface area contributed by atoms with E-state index in [1.54, 1.807) is 42.5 Å². The zero-order chi connectivity index (χ0) is 25.3. The first kappa shape index (κ1) is 25.3. The SMILES string of the molecule is O=C(Cc1nnc(NC(=O)c2ccccc2)s1)N/N=C\c1cccc(OCc2ccc(Cl)cc2Cl)c1. The Morgan fingerprint density at radius 1 is 1.00 bits per heavy atom. The fraction of sp³-hybridized carbons (Fsp3) is 0.0800. The van der Waals surface area contributed by atoms with Gasteiger partial charge in [0.15, 0.2) is 0 Å². The molecule has 11 heteroatoms. The van der Waals surface area contributed by atoms with Gasteiger partial charge in [0.2, 0.25) is 11.0 Å². The predicted molar refractivity (Wildman–Crippen MR) is 141 cm³/mol. The van der Waals surface area contributed by atoms with Crippen LogP contribution in [0, 0.1) is 0 Å². The molecule has 182 valence electrons. The number of ether oxygens (including phenoxy) is 1. The smallest absolute Gasteiger partial charge is 0.257 e. The second-order valence-electron chi connectivity index (χ2n) is 7.39. The molecular weight excluding hydrogens is 521 g/mol. The summed E-state index contributed by atoms with van der Waals surface area (Å²) in [6.07, 6.45) is 1.48. The van der Waals surface area contributed by atoms with Gasteiger partial charge in [-0.3, -0.25) is 14.9 Å². The number of carbonyl (C=O) groups is 2. The van der Waals surface area contributed by atoms with E-state index in [4.69, 9.17) is 27.9 Å². The van der Waals surface area contributed by atoms with E-state index in [-0.39, 0.29) is 24.8 Å². The summed E-state index contributed by atoms with van der Waals surface area (Å²) in [5.41, 5.74) is 4.51. The van der Waals surface area contributed by atoms with Gasteiger partial charge in [-0.1, -0.05) is 70.9 Å². The van der Waals surface area contributed by atoms with Gasteiger partial charge in [-0.05, 0) is 42.0 Å². The van der Waals surface area contributed by atoms with Crippen LogP contribution in [0.25, 0.3) is 0 Å². The summed E-state index contributed by atoms with van der Waals surface area (Å²) in [5.74, 6) is -0.0434. The van der Waals surface area contributed by atoms with E-state index >= 15 is 0 Å². The van der Waals surface area contributed by atoms with Gasteiger partial charge in [0.05, 0.1) is 12.6 Å². The third kappa shape index (κ3) is 7.35. The Balaban J connectivity index is 1.26. The Morgan fingerprint density at radius 2 is 1.83 bits per heavy atom. The molecule has 0 saturated heterocycles. The minimum atomic E-state index is -0.367. The number of amides is 2. The molecule has 0 spiro atoms. The van der Waals surface area contributed by atoms with Crippen LogP contribution in [0.5, 0.6) is 5.75 Å². The highest BCUT2D eigenvalue weighted by atomic mass is 35.5. The number of hydrogen-bond donors (Lipinski definition) is 2. The molecule has 36 heavy (non-hydrogen) atoms. The van der Waals surface area contributed by atoms with Crippen molar-refractivity contribution in [2.45, 2.75) is 13.0 Å². The van der Waals surface area contributed by atoms with Crippen molar-refractivity contribution < 1.29 is 14.3 Å². The lowest BCUT2D eigenvalue weighted by molar-refractivity contribution is -0.120. The van der Waals surface area contributed by atoms with Crippen LogP contribution in [0.4, 0.5) is 5.13 Å². The summed E-state index contributed by atoms with van der Waals surface area (Å²) in [7, 11) is 0. The zero-order valence-corrected chi connectivity index (χ0v) is 21.0. The first-order valence-corrected chi connectivity index (χ1v) is 12.2. The standard InChI is InChI=1S/C25H19Cl2N5O3S/c26-19-10-9-18(21(27)12-19)15-35-20-8-4-5-16(11-20)14-28-30-22(33)13-23-31-32-25(36-23)29-24(34)17-6-2-1-3-7-17/h1-12,14H,13,15H2,(H,30,33)(H,29,32,34)/b28-14-. The number of hydrogen-bond acceptors (Lipinski definition) is 7. The molecule has 4 rings (SSSR count). The van der Waals surface area contributed by atoms with Gasteiger partial charge in [0, 0.05) is 21.2 Å². The highest BCUT2D eigenvalue weighted by molar-refractivity contribution is 7.15. The topological polar surface area (TPSA) is 106 Å². The van der Waals surface area contributed by atoms with Crippen LogP contribution in [-0.2, 0) is 17.8 Å². The van der Waals surface area contributed by atoms with Crippen LogP contribution in [0.1, 0.15) is 26.5 Å². The molecule has 4 aromatic rings. The van der Waals surface area contributed by atoms with Crippen molar-refractivity contribution in [2.75, 3.05) is 5.32 Å². The number of nitrogens with zero attached hydrogens (tertiary/aromatic N) is 3. The molecule has 0 unspecified atom stereocenters. The zero-order valence-electron chi connectivity index (χ0n) is 18.7. The normalized spacial score (nSPS) is 10.8. The maximum atomic E-state index is 12.2. The van der Waals surface area contributed by atoms with Crippen molar-refractivity contribution in [1.29, 1.82) is 0 Å². The summed E-state index contributed by atoms with van der Waals surface area (Å²) in [6, 6.07) is 21.2. The number of benzene rings is 3. The molecule has 0 aliphatic carbocycles. The summed E-state index contributed by atoms with van der Waals surface area (Å²) < 4.78 is 5.80. The average Bonchev–Trinajstić information content (AvgIpc) is 3.30. The lowest BCUT2D eigenvalue weighted by Gasteiger charge is -2.08. The molecule has 8 nitrogen and oxygen atoms in total. The number of anilines is 1. The van der Waals surface area contributed by atoms with Gasteiger partial charge in [-0.15, -0.1) is 10.2 Å². The number of nitrogens with one attached hydrogen (secondary N) is 2. The van der Waals surface area contributed by atoms with Crippen LogP contribution >= 0.6 is 34.5 Å². The summed E-state index contributed by atoms with van der Waals surface area (Å²) >= 11 is 13.2. The van der Waals surface area contributed by atoms with Gasteiger partial charge >= 0.3 is 0 Å². The molecule has 1 heterocycles. The minimum Gasteiger partial charge on any atom is -0.489 e. The summed E-state index contributed by atoms with van der Waals surface area (Å²) in [5, 5.41) is 16.4. The Hall–Kier alpha value is -3.79. The van der Waals surface area contributed by atoms with Crippen LogP contribution < -0.4 is 15.5 Å². The maximum Gasteiger partial charge on any atom is 0.257 e. The van der Waals surface area contributed by atoms with Gasteiger partial charge in [0.25, 0.3) is 5.91 Å². The van der Waals surface area contributed by atoms with E-state index < -0.39 is 0 Å². The molecule has 2 amide bonds. The first-order valence-electron chi connectivity index (χ1n) is 10.6. The van der Waals surface area contributed by atoms with Gasteiger partial charge in [0.1, 0.15) is 17.4 Å². The molecule has 0 atom stereocenters. The highest BCUT2D eigenvalue weighted by Crippen LogP contribution is 2.23. The van der Waals surface area contributed by atoms with Crippen LogP contribution in [-0.4, -0.2) is 28.2 Å². The lowest BCUT2D eigenvalue weighted by Crippen LogP contribution is -2.19. The fourth-order valence-electron chi connectivity index (χ4n) is 2.97. The van der Waals surface area contributed by atoms with Crippen molar-refractivity contribution in [2.24, 2.45) is 5.10 Å². The van der Waals surface area contributed by atoms with Gasteiger partial charge in [-0.2, -0.15) is 5.10 Å². The molecule has 0 aliphatic heterocycles. The Labute approximate surface area is 220 Å². The van der Waals surface area contributed by atoms with Crippen LogP contribution in [0.2, 0.25) is 10.0 Å². The summed E-state index contributed by atoms with van der Waals surface area (Å²) in [4.78, 5) is 24.4. The van der Waals surface area contributed by atoms with Crippen molar-refractivity contribution in [3.8, 4) is 5.75 Å². The maximum absolute atomic E-state index is 12.2. The molecule has 0 radical (unpaired) electrons. The van der Waals surface area contributed by atoms with E-state index in [9.17, 15) is 9.59 Å². The van der Waals surface area contributed by atoms with Crippen molar-refractivity contribution >= 4 is 57.7 Å². The number of halogens is 2. The van der Waals surface area contributed by atoms with Gasteiger partial charge in [-0.25, -0.2) is 5.43 Å². The molecule has 3 aromatic carbocycles. The number of rotatable bonds is 9. The third-order valence-corrected chi connectivity index (χ3v) is 6.13. The number of hydrazone groups is 1. The molecule has 0 bridgehead atoms. The third-order valence-electron chi connectivity index (χ3n) is 4.71. The fourth-order valence-corrected chi connectivity index (χ4v) is 4.17. The second-order valence-corrected chi connectivity index (χ2v) is 9.29. The molecule has 0 fully saturated rings. The van der Waals surface area contributed by atoms with Crippen molar-refractivity contribution in [3.05, 3.63) is 105 Å². The van der Waals surface area contributed by atoms with E-state index in [1.165, 1.54) is 6.21 Å². The number of carbonyl (C=O) groups excluding carboxylic acids is 2.